The number of aliphatic hydroxyl groups excluding tert-OH is 4. The minimum atomic E-state index is -1.38. The van der Waals surface area contributed by atoms with Crippen LogP contribution in [0.4, 0.5) is 0 Å². The molecule has 0 amide bonds. The minimum absolute atomic E-state index is 0.364. The molecule has 0 radical (unpaired) electrons. The molecule has 1 rings (SSSR count). The van der Waals surface area contributed by atoms with E-state index < -0.39 is 37.3 Å². The van der Waals surface area contributed by atoms with E-state index in [1.165, 1.54) is 0 Å². The molecular formula is C10H20O6S. The molecule has 0 aromatic heterocycles. The SMILES string of the molecule is OCC1O[C@@H](OCCCCS)[C@@H](O)C(O)[C@H]1O. The van der Waals surface area contributed by atoms with Gasteiger partial charge in [0.05, 0.1) is 6.61 Å². The number of rotatable bonds is 6. The summed E-state index contributed by atoms with van der Waals surface area (Å²) in [6.07, 6.45) is -4.33. The number of aliphatic hydroxyl groups is 4. The summed E-state index contributed by atoms with van der Waals surface area (Å²) in [4.78, 5) is 0. The van der Waals surface area contributed by atoms with Gasteiger partial charge in [0, 0.05) is 6.61 Å². The Morgan fingerprint density at radius 1 is 1.06 bits per heavy atom. The van der Waals surface area contributed by atoms with Crippen LogP contribution in [0.3, 0.4) is 0 Å². The Labute approximate surface area is 106 Å². The Kier molecular flexibility index (Phi) is 6.71. The molecule has 0 aromatic rings. The maximum absolute atomic E-state index is 9.62. The molecule has 4 N–H and O–H groups in total. The first-order valence-electron chi connectivity index (χ1n) is 5.64. The summed E-state index contributed by atoms with van der Waals surface area (Å²) in [5.41, 5.74) is 0. The third-order valence-corrected chi connectivity index (χ3v) is 3.00. The van der Waals surface area contributed by atoms with Gasteiger partial charge in [0.2, 0.25) is 0 Å². The quantitative estimate of drug-likeness (QED) is 0.297. The third-order valence-electron chi connectivity index (χ3n) is 2.68. The molecule has 17 heavy (non-hydrogen) atoms. The summed E-state index contributed by atoms with van der Waals surface area (Å²) in [7, 11) is 0. The standard InChI is InChI=1S/C10H20O6S/c11-5-6-7(12)8(13)9(14)10(16-6)15-3-1-2-4-17/h6-14,17H,1-5H2/t6?,7-,8?,9-,10+/m0/s1. The zero-order chi connectivity index (χ0) is 12.8. The lowest BCUT2D eigenvalue weighted by Crippen LogP contribution is -2.59. The van der Waals surface area contributed by atoms with Crippen LogP contribution in [-0.2, 0) is 9.47 Å². The summed E-state index contributed by atoms with van der Waals surface area (Å²) in [6.45, 7) is -0.0787. The predicted octanol–water partition coefficient (Wildman–Crippen LogP) is -1.49. The fourth-order valence-corrected chi connectivity index (χ4v) is 1.84. The number of thiol groups is 1. The van der Waals surface area contributed by atoms with Crippen LogP contribution >= 0.6 is 12.6 Å². The molecule has 1 fully saturated rings. The van der Waals surface area contributed by atoms with E-state index >= 15 is 0 Å². The second-order valence-electron chi connectivity index (χ2n) is 4.00. The van der Waals surface area contributed by atoms with Crippen LogP contribution in [0.25, 0.3) is 0 Å². The molecule has 0 saturated carbocycles. The molecule has 1 aliphatic rings. The topological polar surface area (TPSA) is 99.4 Å². The zero-order valence-electron chi connectivity index (χ0n) is 9.47. The normalized spacial score (nSPS) is 38.3. The minimum Gasteiger partial charge on any atom is -0.394 e. The molecule has 0 bridgehead atoms. The van der Waals surface area contributed by atoms with Crippen LogP contribution in [0.1, 0.15) is 12.8 Å². The number of hydrogen-bond acceptors (Lipinski definition) is 7. The van der Waals surface area contributed by atoms with Crippen LogP contribution in [0.5, 0.6) is 0 Å². The van der Waals surface area contributed by atoms with Crippen molar-refractivity contribution in [2.75, 3.05) is 19.0 Å². The molecule has 0 aliphatic carbocycles. The van der Waals surface area contributed by atoms with Crippen LogP contribution in [0.2, 0.25) is 0 Å². The lowest BCUT2D eigenvalue weighted by atomic mass is 9.99. The maximum atomic E-state index is 9.62. The summed E-state index contributed by atoms with van der Waals surface area (Å²) >= 11 is 4.05. The maximum Gasteiger partial charge on any atom is 0.186 e. The first-order valence-corrected chi connectivity index (χ1v) is 6.28. The molecule has 1 heterocycles. The molecular weight excluding hydrogens is 248 g/mol. The van der Waals surface area contributed by atoms with Crippen molar-refractivity contribution in [1.82, 2.24) is 0 Å². The lowest BCUT2D eigenvalue weighted by molar-refractivity contribution is -0.301. The van der Waals surface area contributed by atoms with Crippen LogP contribution in [0, 0.1) is 0 Å². The monoisotopic (exact) mass is 268 g/mol. The molecule has 1 aliphatic heterocycles. The summed E-state index contributed by atoms with van der Waals surface area (Å²) in [5.74, 6) is 0.748. The van der Waals surface area contributed by atoms with Crippen molar-refractivity contribution in [2.45, 2.75) is 43.5 Å². The average Bonchev–Trinajstić information content (AvgIpc) is 2.34. The number of unbranched alkanes of at least 4 members (excludes halogenated alkanes) is 1. The summed E-state index contributed by atoms with van der Waals surface area (Å²) < 4.78 is 10.4. The van der Waals surface area contributed by atoms with Crippen LogP contribution in [0.15, 0.2) is 0 Å². The molecule has 0 aromatic carbocycles. The van der Waals surface area contributed by atoms with Crippen molar-refractivity contribution in [3.63, 3.8) is 0 Å². The molecule has 0 spiro atoms. The Morgan fingerprint density at radius 3 is 2.35 bits per heavy atom. The van der Waals surface area contributed by atoms with Gasteiger partial charge in [-0.2, -0.15) is 12.6 Å². The van der Waals surface area contributed by atoms with E-state index in [0.717, 1.165) is 18.6 Å². The van der Waals surface area contributed by atoms with Gasteiger partial charge in [-0.15, -0.1) is 0 Å². The molecule has 5 atom stereocenters. The van der Waals surface area contributed by atoms with E-state index in [1.54, 1.807) is 0 Å². The van der Waals surface area contributed by atoms with Gasteiger partial charge in [-0.1, -0.05) is 0 Å². The van der Waals surface area contributed by atoms with E-state index in [2.05, 4.69) is 12.6 Å². The Hall–Kier alpha value is 0.110. The molecule has 7 heteroatoms. The van der Waals surface area contributed by atoms with Crippen molar-refractivity contribution in [3.05, 3.63) is 0 Å². The van der Waals surface area contributed by atoms with Crippen molar-refractivity contribution in [1.29, 1.82) is 0 Å². The van der Waals surface area contributed by atoms with E-state index in [4.69, 9.17) is 14.6 Å². The second kappa shape index (κ2) is 7.52. The van der Waals surface area contributed by atoms with E-state index in [9.17, 15) is 15.3 Å². The highest BCUT2D eigenvalue weighted by atomic mass is 32.1. The highest BCUT2D eigenvalue weighted by Crippen LogP contribution is 2.22. The van der Waals surface area contributed by atoms with Gasteiger partial charge in [0.25, 0.3) is 0 Å². The highest BCUT2D eigenvalue weighted by molar-refractivity contribution is 7.80. The van der Waals surface area contributed by atoms with Crippen molar-refractivity contribution in [2.24, 2.45) is 0 Å². The molecule has 2 unspecified atom stereocenters. The van der Waals surface area contributed by atoms with Gasteiger partial charge in [0.1, 0.15) is 24.4 Å². The third kappa shape index (κ3) is 4.06. The zero-order valence-corrected chi connectivity index (χ0v) is 10.4. The predicted molar refractivity (Wildman–Crippen MR) is 62.8 cm³/mol. The lowest BCUT2D eigenvalue weighted by Gasteiger charge is -2.39. The van der Waals surface area contributed by atoms with Gasteiger partial charge in [-0.05, 0) is 18.6 Å². The molecule has 1 saturated heterocycles. The van der Waals surface area contributed by atoms with E-state index in [0.29, 0.717) is 6.61 Å². The number of hydrogen-bond donors (Lipinski definition) is 5. The Bertz CT molecular complexity index is 215. The van der Waals surface area contributed by atoms with Crippen molar-refractivity contribution in [3.8, 4) is 0 Å². The van der Waals surface area contributed by atoms with E-state index in [-0.39, 0.29) is 0 Å². The van der Waals surface area contributed by atoms with Crippen molar-refractivity contribution >= 4 is 12.6 Å². The summed E-state index contributed by atoms with van der Waals surface area (Å²) in [5, 5.41) is 37.6. The largest absolute Gasteiger partial charge is 0.394 e. The van der Waals surface area contributed by atoms with Gasteiger partial charge in [0.15, 0.2) is 6.29 Å². The molecule has 6 nitrogen and oxygen atoms in total. The first-order chi connectivity index (χ1) is 8.11. The fraction of sp³-hybridized carbons (Fsp3) is 1.00. The first kappa shape index (κ1) is 15.2. The van der Waals surface area contributed by atoms with Crippen LogP contribution < -0.4 is 0 Å². The smallest absolute Gasteiger partial charge is 0.186 e. The molecule has 102 valence electrons. The average molecular weight is 268 g/mol. The fourth-order valence-electron chi connectivity index (χ4n) is 1.62. The summed E-state index contributed by atoms with van der Waals surface area (Å²) in [6, 6.07) is 0. The van der Waals surface area contributed by atoms with E-state index in [1.807, 2.05) is 0 Å². The number of ether oxygens (including phenoxy) is 2. The van der Waals surface area contributed by atoms with Gasteiger partial charge in [-0.3, -0.25) is 0 Å². The van der Waals surface area contributed by atoms with Gasteiger partial charge in [-0.25, -0.2) is 0 Å². The second-order valence-corrected chi connectivity index (χ2v) is 4.45. The highest BCUT2D eigenvalue weighted by Gasteiger charge is 2.43. The Balaban J connectivity index is 2.42. The van der Waals surface area contributed by atoms with Gasteiger partial charge >= 0.3 is 0 Å². The Morgan fingerprint density at radius 2 is 1.76 bits per heavy atom. The van der Waals surface area contributed by atoms with Crippen LogP contribution in [-0.4, -0.2) is 70.1 Å². The van der Waals surface area contributed by atoms with Gasteiger partial charge < -0.3 is 29.9 Å². The van der Waals surface area contributed by atoms with Crippen molar-refractivity contribution < 1.29 is 29.9 Å².